The van der Waals surface area contributed by atoms with Gasteiger partial charge in [0.2, 0.25) is 0 Å². The Balaban J connectivity index is 1.25. The fourth-order valence-corrected chi connectivity index (χ4v) is 4.54. The number of nitrogens with zero attached hydrogens (tertiary/aromatic N) is 5. The third-order valence-electron chi connectivity index (χ3n) is 6.78. The van der Waals surface area contributed by atoms with E-state index in [9.17, 15) is 9.59 Å². The maximum absolute atomic E-state index is 12.9. The van der Waals surface area contributed by atoms with Gasteiger partial charge in [-0.15, -0.1) is 0 Å². The van der Waals surface area contributed by atoms with E-state index in [-0.39, 0.29) is 11.8 Å². The lowest BCUT2D eigenvalue weighted by Crippen LogP contribution is -2.50. The Morgan fingerprint density at radius 3 is 2.06 bits per heavy atom. The van der Waals surface area contributed by atoms with E-state index in [1.807, 2.05) is 15.9 Å². The molecule has 7 heteroatoms. The molecule has 1 aromatic carbocycles. The Bertz CT molecular complexity index is 915. The summed E-state index contributed by atoms with van der Waals surface area (Å²) < 4.78 is 0. The highest BCUT2D eigenvalue weighted by atomic mass is 16.2. The second-order valence-corrected chi connectivity index (χ2v) is 9.22. The summed E-state index contributed by atoms with van der Waals surface area (Å²) in [7, 11) is 0. The Hall–Kier alpha value is -2.77. The molecule has 2 saturated heterocycles. The van der Waals surface area contributed by atoms with Crippen molar-refractivity contribution in [3.8, 4) is 0 Å². The molecule has 0 spiro atoms. The van der Waals surface area contributed by atoms with Gasteiger partial charge in [-0.3, -0.25) is 24.4 Å². The number of carbonyl (C=O) groups excluding carboxylic acids is 2. The van der Waals surface area contributed by atoms with E-state index in [1.165, 1.54) is 5.56 Å². The Kier molecular flexibility index (Phi) is 7.73. The van der Waals surface area contributed by atoms with Gasteiger partial charge in [0.05, 0.1) is 5.56 Å². The first-order valence-electron chi connectivity index (χ1n) is 12.1. The van der Waals surface area contributed by atoms with Crippen molar-refractivity contribution in [2.75, 3.05) is 58.9 Å². The minimum absolute atomic E-state index is 0.00284. The number of rotatable bonds is 6. The second kappa shape index (κ2) is 10.9. The van der Waals surface area contributed by atoms with Crippen molar-refractivity contribution in [2.45, 2.75) is 26.3 Å². The quantitative estimate of drug-likeness (QED) is 0.677. The van der Waals surface area contributed by atoms with Crippen LogP contribution in [0.4, 0.5) is 0 Å². The van der Waals surface area contributed by atoms with Crippen LogP contribution in [0.1, 0.15) is 40.3 Å². The lowest BCUT2D eigenvalue weighted by Gasteiger charge is -2.37. The van der Waals surface area contributed by atoms with E-state index in [4.69, 9.17) is 0 Å². The van der Waals surface area contributed by atoms with E-state index in [0.29, 0.717) is 30.4 Å². The van der Waals surface area contributed by atoms with Gasteiger partial charge in [-0.25, -0.2) is 0 Å². The molecular formula is C26H35N5O2. The highest BCUT2D eigenvalue weighted by molar-refractivity contribution is 5.96. The summed E-state index contributed by atoms with van der Waals surface area (Å²) in [4.78, 5) is 38.6. The molecule has 2 aromatic rings. The molecule has 0 atom stereocenters. The number of amides is 2. The van der Waals surface area contributed by atoms with Gasteiger partial charge in [0.15, 0.2) is 0 Å². The summed E-state index contributed by atoms with van der Waals surface area (Å²) in [6.07, 6.45) is 2.58. The van der Waals surface area contributed by atoms with Gasteiger partial charge in [-0.05, 0) is 38.0 Å². The van der Waals surface area contributed by atoms with Gasteiger partial charge in [-0.2, -0.15) is 0 Å². The highest BCUT2D eigenvalue weighted by Crippen LogP contribution is 2.13. The molecule has 0 bridgehead atoms. The average Bonchev–Trinajstić information content (AvgIpc) is 2.87. The maximum atomic E-state index is 12.9. The molecule has 1 aromatic heterocycles. The molecule has 0 N–H and O–H groups in total. The van der Waals surface area contributed by atoms with Crippen molar-refractivity contribution in [1.29, 1.82) is 0 Å². The number of carbonyl (C=O) groups is 2. The predicted octanol–water partition coefficient (Wildman–Crippen LogP) is 2.25. The van der Waals surface area contributed by atoms with Gasteiger partial charge in [0.25, 0.3) is 11.8 Å². The van der Waals surface area contributed by atoms with E-state index in [1.54, 1.807) is 18.3 Å². The Morgan fingerprint density at radius 2 is 1.45 bits per heavy atom. The van der Waals surface area contributed by atoms with Crippen LogP contribution in [-0.4, -0.2) is 101 Å². The van der Waals surface area contributed by atoms with Crippen molar-refractivity contribution in [2.24, 2.45) is 0 Å². The Morgan fingerprint density at radius 1 is 0.818 bits per heavy atom. The van der Waals surface area contributed by atoms with Crippen LogP contribution < -0.4 is 0 Å². The molecule has 4 rings (SSSR count). The average molecular weight is 450 g/mol. The summed E-state index contributed by atoms with van der Waals surface area (Å²) in [6, 6.07) is 14.4. The van der Waals surface area contributed by atoms with Crippen LogP contribution in [0.3, 0.4) is 0 Å². The normalized spacial score (nSPS) is 18.0. The lowest BCUT2D eigenvalue weighted by atomic mass is 10.1. The van der Waals surface area contributed by atoms with Gasteiger partial charge in [0.1, 0.15) is 5.69 Å². The molecule has 0 radical (unpaired) electrons. The van der Waals surface area contributed by atoms with E-state index in [0.717, 1.165) is 52.2 Å². The predicted molar refractivity (Wildman–Crippen MR) is 129 cm³/mol. The molecule has 2 fully saturated rings. The summed E-state index contributed by atoms with van der Waals surface area (Å²) in [6.45, 7) is 11.8. The third kappa shape index (κ3) is 5.97. The molecule has 2 amide bonds. The van der Waals surface area contributed by atoms with Crippen LogP contribution in [0, 0.1) is 0 Å². The largest absolute Gasteiger partial charge is 0.336 e. The van der Waals surface area contributed by atoms with Gasteiger partial charge in [-0.1, -0.05) is 30.3 Å². The smallest absolute Gasteiger partial charge is 0.272 e. The van der Waals surface area contributed by atoms with Crippen molar-refractivity contribution in [1.82, 2.24) is 24.6 Å². The SMILES string of the molecule is CC(C)N1CCN(C(=O)c2ccc(C(=O)N3CCN(CCc4ccccc4)CC3)nc2)CC1. The van der Waals surface area contributed by atoms with Gasteiger partial charge >= 0.3 is 0 Å². The molecular weight excluding hydrogens is 414 g/mol. The van der Waals surface area contributed by atoms with E-state index < -0.39 is 0 Å². The van der Waals surface area contributed by atoms with Crippen LogP contribution in [0.2, 0.25) is 0 Å². The number of hydrogen-bond acceptors (Lipinski definition) is 5. The zero-order chi connectivity index (χ0) is 23.2. The zero-order valence-electron chi connectivity index (χ0n) is 19.8. The van der Waals surface area contributed by atoms with Crippen LogP contribution in [0.25, 0.3) is 0 Å². The van der Waals surface area contributed by atoms with Gasteiger partial charge in [0, 0.05) is 71.1 Å². The minimum Gasteiger partial charge on any atom is -0.336 e. The molecule has 0 unspecified atom stereocenters. The number of hydrogen-bond donors (Lipinski definition) is 0. The fourth-order valence-electron chi connectivity index (χ4n) is 4.54. The standard InChI is InChI=1S/C26H35N5O2/c1-21(2)29-16-18-30(19-17-29)25(32)23-8-9-24(27-20-23)26(33)31-14-12-28(13-15-31)11-10-22-6-4-3-5-7-22/h3-9,20-21H,10-19H2,1-2H3. The molecule has 3 heterocycles. The third-order valence-corrected chi connectivity index (χ3v) is 6.78. The first-order valence-corrected chi connectivity index (χ1v) is 12.1. The van der Waals surface area contributed by atoms with Crippen LogP contribution in [0.15, 0.2) is 48.7 Å². The lowest BCUT2D eigenvalue weighted by molar-refractivity contribution is 0.0592. The van der Waals surface area contributed by atoms with Gasteiger partial charge < -0.3 is 9.80 Å². The number of benzene rings is 1. The van der Waals surface area contributed by atoms with E-state index in [2.05, 4.69) is 52.9 Å². The summed E-state index contributed by atoms with van der Waals surface area (Å²) in [5, 5.41) is 0. The topological polar surface area (TPSA) is 60.0 Å². The first-order chi connectivity index (χ1) is 16.0. The Labute approximate surface area is 197 Å². The molecule has 33 heavy (non-hydrogen) atoms. The minimum atomic E-state index is -0.0535. The van der Waals surface area contributed by atoms with Crippen molar-refractivity contribution in [3.05, 3.63) is 65.5 Å². The molecule has 176 valence electrons. The van der Waals surface area contributed by atoms with Crippen LogP contribution >= 0.6 is 0 Å². The van der Waals surface area contributed by atoms with Crippen molar-refractivity contribution >= 4 is 11.8 Å². The summed E-state index contributed by atoms with van der Waals surface area (Å²) >= 11 is 0. The summed E-state index contributed by atoms with van der Waals surface area (Å²) in [5.74, 6) is -0.0563. The zero-order valence-corrected chi connectivity index (χ0v) is 19.8. The van der Waals surface area contributed by atoms with Crippen LogP contribution in [-0.2, 0) is 6.42 Å². The number of piperazine rings is 2. The van der Waals surface area contributed by atoms with Crippen LogP contribution in [0.5, 0.6) is 0 Å². The molecule has 7 nitrogen and oxygen atoms in total. The van der Waals surface area contributed by atoms with E-state index >= 15 is 0 Å². The molecule has 0 aliphatic carbocycles. The molecule has 0 saturated carbocycles. The fraction of sp³-hybridized carbons (Fsp3) is 0.500. The maximum Gasteiger partial charge on any atom is 0.272 e. The monoisotopic (exact) mass is 449 g/mol. The number of pyridine rings is 1. The van der Waals surface area contributed by atoms with Crippen molar-refractivity contribution in [3.63, 3.8) is 0 Å². The highest BCUT2D eigenvalue weighted by Gasteiger charge is 2.25. The molecule has 2 aliphatic rings. The summed E-state index contributed by atoms with van der Waals surface area (Å²) in [5.41, 5.74) is 2.31. The molecule has 2 aliphatic heterocycles. The second-order valence-electron chi connectivity index (χ2n) is 9.22. The number of aromatic nitrogens is 1. The van der Waals surface area contributed by atoms with Crippen molar-refractivity contribution < 1.29 is 9.59 Å². The first kappa shape index (κ1) is 23.4.